The van der Waals surface area contributed by atoms with E-state index in [1.165, 1.54) is 10.1 Å². The second kappa shape index (κ2) is 10.2. The summed E-state index contributed by atoms with van der Waals surface area (Å²) < 4.78 is 3.43. The second-order valence-electron chi connectivity index (χ2n) is 9.19. The number of nitrogens with zero attached hydrogens (tertiary/aromatic N) is 4. The van der Waals surface area contributed by atoms with Gasteiger partial charge >= 0.3 is 21.1 Å². The van der Waals surface area contributed by atoms with E-state index in [1.807, 2.05) is 42.0 Å². The zero-order chi connectivity index (χ0) is 25.8. The van der Waals surface area contributed by atoms with Gasteiger partial charge in [0.05, 0.1) is 5.52 Å². The SMILES string of the molecule is [Pt+2].[c-]1c(-c2ccccn2)cc(-c2nccs2)cc1-n1c2[c-]c(-c3nc4ccccc4s3)ccc2c2ccccc21. The number of thiazole rings is 2. The topological polar surface area (TPSA) is 43.6 Å². The van der Waals surface area contributed by atoms with Crippen molar-refractivity contribution in [2.24, 2.45) is 0 Å². The minimum atomic E-state index is 0. The summed E-state index contributed by atoms with van der Waals surface area (Å²) >= 11 is 3.32. The molecule has 0 aliphatic rings. The van der Waals surface area contributed by atoms with Crippen LogP contribution >= 0.6 is 22.7 Å². The number of para-hydroxylation sites is 2. The molecular formula is C33H18N4PtS2. The van der Waals surface area contributed by atoms with Gasteiger partial charge in [-0.15, -0.1) is 58.9 Å². The summed E-state index contributed by atoms with van der Waals surface area (Å²) in [5.41, 5.74) is 7.84. The van der Waals surface area contributed by atoms with Gasteiger partial charge in [-0.2, -0.15) is 11.3 Å². The number of hydrogen-bond donors (Lipinski definition) is 0. The molecule has 40 heavy (non-hydrogen) atoms. The van der Waals surface area contributed by atoms with Crippen molar-refractivity contribution < 1.29 is 21.1 Å². The third-order valence-corrected chi connectivity index (χ3v) is 8.72. The first-order valence-corrected chi connectivity index (χ1v) is 14.2. The monoisotopic (exact) mass is 729 g/mol. The Hall–Kier alpha value is -3.96. The van der Waals surface area contributed by atoms with Crippen molar-refractivity contribution in [2.45, 2.75) is 0 Å². The van der Waals surface area contributed by atoms with Crippen molar-refractivity contribution in [1.82, 2.24) is 19.5 Å². The van der Waals surface area contributed by atoms with Gasteiger partial charge in [-0.1, -0.05) is 53.4 Å². The fourth-order valence-corrected chi connectivity index (χ4v) is 6.65. The molecule has 0 bridgehead atoms. The van der Waals surface area contributed by atoms with E-state index in [-0.39, 0.29) is 21.1 Å². The van der Waals surface area contributed by atoms with Gasteiger partial charge in [0.1, 0.15) is 5.01 Å². The van der Waals surface area contributed by atoms with Gasteiger partial charge in [0.2, 0.25) is 0 Å². The Balaban J connectivity index is 0.00000264. The molecule has 0 radical (unpaired) electrons. The van der Waals surface area contributed by atoms with Gasteiger partial charge < -0.3 is 9.55 Å². The molecule has 0 N–H and O–H groups in total. The van der Waals surface area contributed by atoms with Crippen molar-refractivity contribution in [3.8, 4) is 38.1 Å². The number of pyridine rings is 1. The van der Waals surface area contributed by atoms with Crippen molar-refractivity contribution in [3.05, 3.63) is 121 Å². The van der Waals surface area contributed by atoms with Gasteiger partial charge in [-0.3, -0.25) is 4.98 Å². The number of aromatic nitrogens is 4. The average Bonchev–Trinajstić information content (AvgIpc) is 3.75. The molecule has 0 atom stereocenters. The molecule has 0 aliphatic carbocycles. The van der Waals surface area contributed by atoms with Crippen LogP contribution in [0.4, 0.5) is 0 Å². The normalized spacial score (nSPS) is 11.3. The quantitative estimate of drug-likeness (QED) is 0.170. The van der Waals surface area contributed by atoms with E-state index in [1.54, 1.807) is 22.7 Å². The van der Waals surface area contributed by atoms with Crippen LogP contribution < -0.4 is 0 Å². The molecule has 0 saturated heterocycles. The molecule has 8 rings (SSSR count). The molecule has 0 aliphatic heterocycles. The Labute approximate surface area is 252 Å². The molecule has 0 fully saturated rings. The molecule has 4 aromatic heterocycles. The summed E-state index contributed by atoms with van der Waals surface area (Å²) in [6.45, 7) is 0. The van der Waals surface area contributed by atoms with Crippen LogP contribution in [0.3, 0.4) is 0 Å². The average molecular weight is 730 g/mol. The van der Waals surface area contributed by atoms with Crippen LogP contribution in [0.1, 0.15) is 0 Å². The Bertz CT molecular complexity index is 2100. The summed E-state index contributed by atoms with van der Waals surface area (Å²) in [6, 6.07) is 38.7. The Morgan fingerprint density at radius 1 is 0.700 bits per heavy atom. The molecule has 0 spiro atoms. The van der Waals surface area contributed by atoms with E-state index >= 15 is 0 Å². The number of fused-ring (bicyclic) bond motifs is 4. The maximum absolute atomic E-state index is 4.90. The van der Waals surface area contributed by atoms with Crippen LogP contribution in [0.15, 0.2) is 109 Å². The van der Waals surface area contributed by atoms with Crippen molar-refractivity contribution in [2.75, 3.05) is 0 Å². The van der Waals surface area contributed by atoms with Crippen LogP contribution in [0.25, 0.3) is 70.1 Å². The fraction of sp³-hybridized carbons (Fsp3) is 0. The molecule has 192 valence electrons. The first-order chi connectivity index (χ1) is 19.3. The van der Waals surface area contributed by atoms with Gasteiger partial charge in [0, 0.05) is 33.0 Å². The maximum Gasteiger partial charge on any atom is 2.00 e. The van der Waals surface area contributed by atoms with Gasteiger partial charge in [0.25, 0.3) is 0 Å². The Kier molecular flexibility index (Phi) is 6.39. The molecule has 7 heteroatoms. The minimum Gasteiger partial charge on any atom is -0.346 e. The maximum atomic E-state index is 4.90. The molecule has 4 nitrogen and oxygen atoms in total. The Morgan fingerprint density at radius 3 is 2.42 bits per heavy atom. The predicted octanol–water partition coefficient (Wildman–Crippen LogP) is 8.84. The summed E-state index contributed by atoms with van der Waals surface area (Å²) in [5, 5.41) is 6.24. The number of benzene rings is 4. The van der Waals surface area contributed by atoms with Crippen LogP contribution in [-0.4, -0.2) is 19.5 Å². The first-order valence-electron chi connectivity index (χ1n) is 12.5. The van der Waals surface area contributed by atoms with Gasteiger partial charge in [0.15, 0.2) is 0 Å². The largest absolute Gasteiger partial charge is 2.00 e. The van der Waals surface area contributed by atoms with Crippen molar-refractivity contribution in [1.29, 1.82) is 0 Å². The molecule has 4 heterocycles. The minimum absolute atomic E-state index is 0. The molecule has 0 unspecified atom stereocenters. The van der Waals surface area contributed by atoms with E-state index in [0.29, 0.717) is 0 Å². The van der Waals surface area contributed by atoms with Crippen molar-refractivity contribution in [3.63, 3.8) is 0 Å². The number of rotatable bonds is 4. The summed E-state index contributed by atoms with van der Waals surface area (Å²) in [5.74, 6) is 0. The first kappa shape index (κ1) is 25.0. The molecule has 4 aromatic carbocycles. The van der Waals surface area contributed by atoms with Crippen LogP contribution in [0.5, 0.6) is 0 Å². The molecule has 8 aromatic rings. The van der Waals surface area contributed by atoms with Gasteiger partial charge in [-0.05, 0) is 46.5 Å². The van der Waals surface area contributed by atoms with E-state index in [4.69, 9.17) is 4.98 Å². The zero-order valence-corrected chi connectivity index (χ0v) is 24.7. The molecule has 0 amide bonds. The van der Waals surface area contributed by atoms with E-state index in [9.17, 15) is 0 Å². The third-order valence-electron chi connectivity index (χ3n) is 6.82. The van der Waals surface area contributed by atoms with Crippen molar-refractivity contribution >= 4 is 54.7 Å². The summed E-state index contributed by atoms with van der Waals surface area (Å²) in [4.78, 5) is 14.1. The zero-order valence-electron chi connectivity index (χ0n) is 20.8. The fourth-order valence-electron chi connectivity index (χ4n) is 5.08. The standard InChI is InChI=1S/C33H18N4S2.Pt/c1-3-10-29-25(7-1)26-13-12-21(33-36-28-9-2-4-11-31(28)39-33)20-30(26)37(29)24-18-22(27-8-5-6-14-34-27)17-23(19-24)32-35-15-16-38-32;/h1-17,19H;/q-2;+2. The number of hydrogen-bond acceptors (Lipinski definition) is 5. The van der Waals surface area contributed by atoms with E-state index < -0.39 is 0 Å². The third kappa shape index (κ3) is 4.20. The van der Waals surface area contributed by atoms with Crippen LogP contribution in [-0.2, 0) is 21.1 Å². The smallest absolute Gasteiger partial charge is 0.346 e. The molecule has 0 saturated carbocycles. The predicted molar refractivity (Wildman–Crippen MR) is 161 cm³/mol. The van der Waals surface area contributed by atoms with E-state index in [2.05, 4.69) is 93.4 Å². The summed E-state index contributed by atoms with van der Waals surface area (Å²) in [7, 11) is 0. The Morgan fingerprint density at radius 2 is 1.57 bits per heavy atom. The molecular weight excluding hydrogens is 712 g/mol. The van der Waals surface area contributed by atoms with E-state index in [0.717, 1.165) is 60.0 Å². The summed E-state index contributed by atoms with van der Waals surface area (Å²) in [6.07, 6.45) is 3.66. The second-order valence-corrected chi connectivity index (χ2v) is 11.1. The van der Waals surface area contributed by atoms with Crippen LogP contribution in [0.2, 0.25) is 0 Å². The van der Waals surface area contributed by atoms with Crippen LogP contribution in [0, 0.1) is 12.1 Å². The van der Waals surface area contributed by atoms with Gasteiger partial charge in [-0.25, -0.2) is 4.98 Å².